The van der Waals surface area contributed by atoms with Gasteiger partial charge >= 0.3 is 5.97 Å². The summed E-state index contributed by atoms with van der Waals surface area (Å²) in [5, 5.41) is 25.6. The second-order valence-electron chi connectivity index (χ2n) is 7.32. The fourth-order valence-corrected chi connectivity index (χ4v) is 3.94. The molecule has 2 heterocycles. The molecule has 9 nitrogen and oxygen atoms in total. The number of nitrogens with zero attached hydrogens (tertiary/aromatic N) is 2. The van der Waals surface area contributed by atoms with Crippen molar-refractivity contribution in [3.63, 3.8) is 0 Å². The van der Waals surface area contributed by atoms with Crippen molar-refractivity contribution in [3.8, 4) is 10.4 Å². The normalized spacial score (nSPS) is 11.4. The molecule has 0 radical (unpaired) electrons. The lowest BCUT2D eigenvalue weighted by Gasteiger charge is -2.18. The van der Waals surface area contributed by atoms with E-state index < -0.39 is 46.8 Å². The quantitative estimate of drug-likeness (QED) is 0.420. The number of aliphatic hydroxyl groups is 1. The molecule has 2 aromatic heterocycles. The SMILES string of the molecule is CC(C)(O)c1cc(F)c(-c2cc(C(N)=O)c(Nc3ccc(=O)n(CC(=O)O)n3)s2)c(F)c1. The number of rotatable bonds is 7. The number of hydrogen-bond acceptors (Lipinski definition) is 7. The molecule has 168 valence electrons. The highest BCUT2D eigenvalue weighted by molar-refractivity contribution is 7.20. The van der Waals surface area contributed by atoms with Crippen molar-refractivity contribution >= 4 is 34.0 Å². The van der Waals surface area contributed by atoms with Gasteiger partial charge in [-0.3, -0.25) is 14.4 Å². The number of aliphatic carboxylic acids is 1. The Kier molecular flexibility index (Phi) is 6.10. The Hall–Kier alpha value is -3.64. The summed E-state index contributed by atoms with van der Waals surface area (Å²) in [4.78, 5) is 34.5. The first-order valence-electron chi connectivity index (χ1n) is 9.09. The molecule has 0 bridgehead atoms. The van der Waals surface area contributed by atoms with Crippen molar-refractivity contribution < 1.29 is 28.6 Å². The van der Waals surface area contributed by atoms with Gasteiger partial charge in [0, 0.05) is 10.9 Å². The number of benzene rings is 1. The minimum atomic E-state index is -1.47. The van der Waals surface area contributed by atoms with E-state index in [0.717, 1.165) is 29.5 Å². The van der Waals surface area contributed by atoms with Crippen LogP contribution in [-0.4, -0.2) is 31.9 Å². The fourth-order valence-electron chi connectivity index (χ4n) is 2.83. The lowest BCUT2D eigenvalue weighted by Crippen LogP contribution is -2.26. The Morgan fingerprint density at radius 3 is 2.38 bits per heavy atom. The number of nitrogens with two attached hydrogens (primary N) is 1. The molecule has 0 atom stereocenters. The van der Waals surface area contributed by atoms with Gasteiger partial charge in [-0.2, -0.15) is 5.10 Å². The number of carboxylic acid groups (broad SMARTS) is 1. The Morgan fingerprint density at radius 1 is 1.22 bits per heavy atom. The van der Waals surface area contributed by atoms with E-state index in [1.54, 1.807) is 0 Å². The van der Waals surface area contributed by atoms with Gasteiger partial charge in [0.1, 0.15) is 23.2 Å². The first-order valence-corrected chi connectivity index (χ1v) is 9.91. The highest BCUT2D eigenvalue weighted by Crippen LogP contribution is 2.40. The van der Waals surface area contributed by atoms with Crippen LogP contribution in [0.15, 0.2) is 35.1 Å². The van der Waals surface area contributed by atoms with E-state index in [0.29, 0.717) is 4.68 Å². The summed E-state index contributed by atoms with van der Waals surface area (Å²) >= 11 is 0.803. The van der Waals surface area contributed by atoms with E-state index in [2.05, 4.69) is 10.4 Å². The number of primary amides is 1. The van der Waals surface area contributed by atoms with Gasteiger partial charge in [0.15, 0.2) is 5.82 Å². The zero-order chi connectivity index (χ0) is 23.8. The van der Waals surface area contributed by atoms with Crippen molar-refractivity contribution in [2.24, 2.45) is 5.73 Å². The Balaban J connectivity index is 2.05. The molecule has 12 heteroatoms. The smallest absolute Gasteiger partial charge is 0.325 e. The first kappa shape index (κ1) is 23.0. The molecule has 3 rings (SSSR count). The number of halogens is 2. The highest BCUT2D eigenvalue weighted by Gasteiger charge is 2.24. The second-order valence-corrected chi connectivity index (χ2v) is 8.38. The van der Waals surface area contributed by atoms with Crippen molar-refractivity contribution in [3.05, 3.63) is 63.4 Å². The molecule has 0 aliphatic heterocycles. The van der Waals surface area contributed by atoms with Gasteiger partial charge in [0.25, 0.3) is 11.5 Å². The zero-order valence-electron chi connectivity index (χ0n) is 16.8. The van der Waals surface area contributed by atoms with Gasteiger partial charge in [-0.15, -0.1) is 11.3 Å². The van der Waals surface area contributed by atoms with Crippen molar-refractivity contribution in [2.75, 3.05) is 5.32 Å². The number of hydrogen-bond donors (Lipinski definition) is 4. The van der Waals surface area contributed by atoms with Crippen LogP contribution in [0.2, 0.25) is 0 Å². The molecule has 1 aromatic carbocycles. The number of carboxylic acids is 1. The molecular weight excluding hydrogens is 446 g/mol. The van der Waals surface area contributed by atoms with Crippen LogP contribution in [0.25, 0.3) is 10.4 Å². The van der Waals surface area contributed by atoms with Crippen LogP contribution in [0.3, 0.4) is 0 Å². The fraction of sp³-hybridized carbons (Fsp3) is 0.200. The number of carbonyl (C=O) groups excluding carboxylic acids is 1. The Labute approximate surface area is 183 Å². The first-order chi connectivity index (χ1) is 14.9. The second kappa shape index (κ2) is 8.48. The molecule has 0 saturated heterocycles. The zero-order valence-corrected chi connectivity index (χ0v) is 17.7. The molecule has 0 aliphatic rings. The molecule has 32 heavy (non-hydrogen) atoms. The maximum Gasteiger partial charge on any atom is 0.325 e. The minimum Gasteiger partial charge on any atom is -0.480 e. The number of carbonyl (C=O) groups is 2. The Bertz CT molecular complexity index is 1260. The number of thiophene rings is 1. The van der Waals surface area contributed by atoms with E-state index in [4.69, 9.17) is 10.8 Å². The molecule has 0 fully saturated rings. The largest absolute Gasteiger partial charge is 0.480 e. The lowest BCUT2D eigenvalue weighted by atomic mass is 9.96. The number of aromatic nitrogens is 2. The standard InChI is InChI=1S/C20H18F2N4O5S/c1-20(2,31)9-5-11(21)17(12(22)6-9)13-7-10(18(23)30)19(32-13)24-14-3-4-15(27)26(25-14)8-16(28)29/h3-7,31H,8H2,1-2H3,(H2,23,30)(H,24,25)(H,28,29). The maximum absolute atomic E-state index is 14.7. The van der Waals surface area contributed by atoms with Gasteiger partial charge in [0.2, 0.25) is 0 Å². The third-order valence-electron chi connectivity index (χ3n) is 4.39. The van der Waals surface area contributed by atoms with Crippen molar-refractivity contribution in [2.45, 2.75) is 26.0 Å². The summed E-state index contributed by atoms with van der Waals surface area (Å²) in [6.45, 7) is 2.09. The van der Waals surface area contributed by atoms with E-state index in [1.807, 2.05) is 0 Å². The monoisotopic (exact) mass is 464 g/mol. The van der Waals surface area contributed by atoms with Crippen LogP contribution in [-0.2, 0) is 16.9 Å². The topological polar surface area (TPSA) is 148 Å². The highest BCUT2D eigenvalue weighted by atomic mass is 32.1. The lowest BCUT2D eigenvalue weighted by molar-refractivity contribution is -0.138. The summed E-state index contributed by atoms with van der Waals surface area (Å²) in [7, 11) is 0. The van der Waals surface area contributed by atoms with Gasteiger partial charge in [-0.05, 0) is 43.7 Å². The van der Waals surface area contributed by atoms with Crippen molar-refractivity contribution in [1.29, 1.82) is 0 Å². The molecule has 1 amide bonds. The summed E-state index contributed by atoms with van der Waals surface area (Å²) in [6.07, 6.45) is 0. The molecule has 3 aromatic rings. The third kappa shape index (κ3) is 4.81. The van der Waals surface area contributed by atoms with Crippen LogP contribution in [0, 0.1) is 11.6 Å². The molecule has 0 aliphatic carbocycles. The molecule has 0 unspecified atom stereocenters. The summed E-state index contributed by atoms with van der Waals surface area (Å²) in [6, 6.07) is 5.53. The summed E-state index contributed by atoms with van der Waals surface area (Å²) in [5.41, 5.74) is 2.80. The van der Waals surface area contributed by atoms with Gasteiger partial charge in [-0.25, -0.2) is 13.5 Å². The summed E-state index contributed by atoms with van der Waals surface area (Å²) < 4.78 is 30.1. The number of anilines is 2. The number of nitrogens with one attached hydrogen (secondary N) is 1. The number of amides is 1. The maximum atomic E-state index is 14.7. The van der Waals surface area contributed by atoms with Crippen LogP contribution < -0.4 is 16.6 Å². The molecule has 5 N–H and O–H groups in total. The van der Waals surface area contributed by atoms with Gasteiger partial charge < -0.3 is 21.3 Å². The molecule has 0 spiro atoms. The minimum absolute atomic E-state index is 0.0140. The summed E-state index contributed by atoms with van der Waals surface area (Å²) in [5.74, 6) is -4.05. The Morgan fingerprint density at radius 2 is 1.84 bits per heavy atom. The average molecular weight is 464 g/mol. The molecule has 0 saturated carbocycles. The average Bonchev–Trinajstić information content (AvgIpc) is 3.06. The van der Waals surface area contributed by atoms with Crippen LogP contribution in [0.1, 0.15) is 29.8 Å². The van der Waals surface area contributed by atoms with Gasteiger partial charge in [0.05, 0.1) is 16.7 Å². The van der Waals surface area contributed by atoms with Crippen LogP contribution in [0.4, 0.5) is 19.6 Å². The van der Waals surface area contributed by atoms with E-state index in [9.17, 15) is 28.3 Å². The third-order valence-corrected chi connectivity index (χ3v) is 5.45. The van der Waals surface area contributed by atoms with Crippen molar-refractivity contribution in [1.82, 2.24) is 9.78 Å². The van der Waals surface area contributed by atoms with Crippen LogP contribution >= 0.6 is 11.3 Å². The van der Waals surface area contributed by atoms with E-state index in [1.165, 1.54) is 26.0 Å². The van der Waals surface area contributed by atoms with Crippen LogP contribution in [0.5, 0.6) is 0 Å². The predicted molar refractivity (Wildman–Crippen MR) is 113 cm³/mol. The van der Waals surface area contributed by atoms with E-state index >= 15 is 0 Å². The predicted octanol–water partition coefficient (Wildman–Crippen LogP) is 2.40. The van der Waals surface area contributed by atoms with Gasteiger partial charge in [-0.1, -0.05) is 0 Å². The molecular formula is C20H18F2N4O5S. The van der Waals surface area contributed by atoms with E-state index in [-0.39, 0.29) is 26.8 Å².